The number of ether oxygens (including phenoxy) is 1. The zero-order valence-electron chi connectivity index (χ0n) is 12.0. The van der Waals surface area contributed by atoms with E-state index in [9.17, 15) is 9.59 Å². The molecule has 22 heavy (non-hydrogen) atoms. The van der Waals surface area contributed by atoms with Gasteiger partial charge in [0.2, 0.25) is 0 Å². The zero-order chi connectivity index (χ0) is 16.1. The van der Waals surface area contributed by atoms with Gasteiger partial charge < -0.3 is 10.1 Å². The Morgan fingerprint density at radius 3 is 2.91 bits per heavy atom. The molecule has 1 aliphatic rings. The molecule has 1 amide bonds. The molecule has 1 aromatic heterocycles. The van der Waals surface area contributed by atoms with Gasteiger partial charge in [-0.2, -0.15) is 0 Å². The number of nitrogens with one attached hydrogen (secondary N) is 1. The van der Waals surface area contributed by atoms with Gasteiger partial charge in [0.05, 0.1) is 16.5 Å². The minimum absolute atomic E-state index is 0.178. The predicted molar refractivity (Wildman–Crippen MR) is 84.9 cm³/mol. The summed E-state index contributed by atoms with van der Waals surface area (Å²) >= 11 is 11.7. The molecule has 7 heteroatoms. The highest BCUT2D eigenvalue weighted by atomic mass is 35.5. The minimum Gasteiger partial charge on any atom is -0.453 e. The lowest BCUT2D eigenvalue weighted by Gasteiger charge is -2.15. The largest absolute Gasteiger partial charge is 0.453 e. The van der Waals surface area contributed by atoms with Gasteiger partial charge in [0, 0.05) is 6.20 Å². The predicted octanol–water partition coefficient (Wildman–Crippen LogP) is 3.61. The molecule has 1 heterocycles. The van der Waals surface area contributed by atoms with Gasteiger partial charge in [-0.3, -0.25) is 9.59 Å². The Bertz CT molecular complexity index is 604. The Morgan fingerprint density at radius 2 is 2.27 bits per heavy atom. The van der Waals surface area contributed by atoms with Gasteiger partial charge in [-0.25, -0.2) is 4.98 Å². The maximum atomic E-state index is 12.0. The van der Waals surface area contributed by atoms with Gasteiger partial charge in [-0.05, 0) is 31.7 Å². The molecule has 0 fully saturated rings. The number of rotatable bonds is 5. The fourth-order valence-electron chi connectivity index (χ4n) is 2.10. The lowest BCUT2D eigenvalue weighted by molar-refractivity contribution is -0.153. The molecule has 0 spiro atoms. The molecule has 0 unspecified atom stereocenters. The fourth-order valence-corrected chi connectivity index (χ4v) is 2.53. The van der Waals surface area contributed by atoms with Crippen molar-refractivity contribution in [2.24, 2.45) is 5.92 Å². The molecule has 0 saturated carbocycles. The number of carbonyl (C=O) groups excluding carboxylic acids is 2. The molecule has 2 rings (SSSR count). The summed E-state index contributed by atoms with van der Waals surface area (Å²) in [5.41, 5.74) is 0. The second-order valence-electron chi connectivity index (χ2n) is 5.08. The van der Waals surface area contributed by atoms with Crippen molar-refractivity contribution in [3.8, 4) is 0 Å². The number of nitrogens with zero attached hydrogens (tertiary/aromatic N) is 1. The second kappa shape index (κ2) is 7.61. The minimum atomic E-state index is -0.925. The molecule has 1 aromatic rings. The summed E-state index contributed by atoms with van der Waals surface area (Å²) in [7, 11) is 0. The molecule has 2 atom stereocenters. The zero-order valence-corrected chi connectivity index (χ0v) is 13.5. The van der Waals surface area contributed by atoms with Crippen LogP contribution in [0.15, 0.2) is 24.4 Å². The molecule has 5 nitrogen and oxygen atoms in total. The van der Waals surface area contributed by atoms with Crippen molar-refractivity contribution in [2.75, 3.05) is 5.32 Å². The summed E-state index contributed by atoms with van der Waals surface area (Å²) in [4.78, 5) is 27.7. The van der Waals surface area contributed by atoms with Crippen molar-refractivity contribution >= 4 is 40.9 Å². The van der Waals surface area contributed by atoms with Gasteiger partial charge in [0.1, 0.15) is 0 Å². The maximum Gasteiger partial charge on any atom is 0.307 e. The molecule has 0 aromatic carbocycles. The van der Waals surface area contributed by atoms with Crippen LogP contribution in [0.3, 0.4) is 0 Å². The van der Waals surface area contributed by atoms with Gasteiger partial charge in [0.15, 0.2) is 11.9 Å². The highest BCUT2D eigenvalue weighted by Gasteiger charge is 2.21. The summed E-state index contributed by atoms with van der Waals surface area (Å²) in [6.45, 7) is 1.50. The number of esters is 1. The number of aromatic nitrogens is 1. The van der Waals surface area contributed by atoms with Gasteiger partial charge in [-0.1, -0.05) is 35.4 Å². The van der Waals surface area contributed by atoms with Gasteiger partial charge in [0.25, 0.3) is 5.91 Å². The normalized spacial score (nSPS) is 18.0. The van der Waals surface area contributed by atoms with Crippen LogP contribution in [0.25, 0.3) is 0 Å². The van der Waals surface area contributed by atoms with Crippen molar-refractivity contribution in [1.29, 1.82) is 0 Å². The first-order valence-electron chi connectivity index (χ1n) is 6.93. The highest BCUT2D eigenvalue weighted by molar-refractivity contribution is 6.36. The number of halogens is 2. The average molecular weight is 343 g/mol. The smallest absolute Gasteiger partial charge is 0.307 e. The Balaban J connectivity index is 1.85. The van der Waals surface area contributed by atoms with Gasteiger partial charge >= 0.3 is 5.97 Å². The summed E-state index contributed by atoms with van der Waals surface area (Å²) in [5.74, 6) is -0.505. The molecule has 0 bridgehead atoms. The first kappa shape index (κ1) is 16.8. The van der Waals surface area contributed by atoms with Crippen LogP contribution in [-0.2, 0) is 14.3 Å². The molecule has 0 radical (unpaired) electrons. The van der Waals surface area contributed by atoms with E-state index in [2.05, 4.69) is 10.3 Å². The Morgan fingerprint density at radius 1 is 1.50 bits per heavy atom. The standard InChI is InChI=1S/C15H16Cl2N2O3/c1-9(22-13(20)6-10-4-2-3-5-10)15(21)19-14-12(17)7-11(16)8-18-14/h2,4,7-10H,3,5-6H2,1H3,(H,18,19,21)/t9-,10-/m1/s1. The van der Waals surface area contributed by atoms with Crippen molar-refractivity contribution in [3.05, 3.63) is 34.5 Å². The van der Waals surface area contributed by atoms with E-state index in [1.807, 2.05) is 12.2 Å². The van der Waals surface area contributed by atoms with E-state index in [0.717, 1.165) is 12.8 Å². The second-order valence-corrected chi connectivity index (χ2v) is 5.92. The molecule has 0 aliphatic heterocycles. The van der Waals surface area contributed by atoms with Crippen molar-refractivity contribution in [2.45, 2.75) is 32.3 Å². The van der Waals surface area contributed by atoms with Crippen molar-refractivity contribution < 1.29 is 14.3 Å². The molecule has 118 valence electrons. The number of carbonyl (C=O) groups is 2. The van der Waals surface area contributed by atoms with Crippen molar-refractivity contribution in [1.82, 2.24) is 4.98 Å². The van der Waals surface area contributed by atoms with E-state index in [4.69, 9.17) is 27.9 Å². The number of pyridine rings is 1. The Hall–Kier alpha value is -1.59. The van der Waals surface area contributed by atoms with E-state index < -0.39 is 18.0 Å². The Kier molecular flexibility index (Phi) is 5.80. The lowest BCUT2D eigenvalue weighted by atomic mass is 10.1. The molecule has 1 aliphatic carbocycles. The van der Waals surface area contributed by atoms with Crippen LogP contribution in [0.4, 0.5) is 5.82 Å². The van der Waals surface area contributed by atoms with Crippen LogP contribution in [0.1, 0.15) is 26.2 Å². The molecular formula is C15H16Cl2N2O3. The molecule has 1 N–H and O–H groups in total. The summed E-state index contributed by atoms with van der Waals surface area (Å²) in [6.07, 6.45) is 6.70. The molecular weight excluding hydrogens is 327 g/mol. The monoisotopic (exact) mass is 342 g/mol. The average Bonchev–Trinajstić information content (AvgIpc) is 2.94. The number of allylic oxidation sites excluding steroid dienone is 2. The third kappa shape index (κ3) is 4.71. The van der Waals surface area contributed by atoms with Crippen molar-refractivity contribution in [3.63, 3.8) is 0 Å². The maximum absolute atomic E-state index is 12.0. The Labute approximate surface area is 138 Å². The third-order valence-electron chi connectivity index (χ3n) is 3.27. The van der Waals surface area contributed by atoms with Crippen LogP contribution < -0.4 is 5.32 Å². The summed E-state index contributed by atoms with van der Waals surface area (Å²) < 4.78 is 5.13. The number of amides is 1. The van der Waals surface area contributed by atoms with Crippen LogP contribution in [0, 0.1) is 5.92 Å². The quantitative estimate of drug-likeness (QED) is 0.655. The molecule has 0 saturated heterocycles. The first-order chi connectivity index (χ1) is 10.5. The highest BCUT2D eigenvalue weighted by Crippen LogP contribution is 2.23. The number of hydrogen-bond donors (Lipinski definition) is 1. The van der Waals surface area contributed by atoms with E-state index in [1.165, 1.54) is 19.2 Å². The number of hydrogen-bond acceptors (Lipinski definition) is 4. The van der Waals surface area contributed by atoms with Crippen LogP contribution in [0.5, 0.6) is 0 Å². The summed E-state index contributed by atoms with van der Waals surface area (Å²) in [6, 6.07) is 1.47. The summed E-state index contributed by atoms with van der Waals surface area (Å²) in [5, 5.41) is 3.09. The topological polar surface area (TPSA) is 68.3 Å². The van der Waals surface area contributed by atoms with E-state index in [1.54, 1.807) is 0 Å². The number of anilines is 1. The lowest BCUT2D eigenvalue weighted by Crippen LogP contribution is -2.30. The van der Waals surface area contributed by atoms with Crippen LogP contribution in [0.2, 0.25) is 10.0 Å². The van der Waals surface area contributed by atoms with Crippen LogP contribution in [-0.4, -0.2) is 23.0 Å². The third-order valence-corrected chi connectivity index (χ3v) is 3.76. The van der Waals surface area contributed by atoms with E-state index in [-0.39, 0.29) is 23.2 Å². The SMILES string of the molecule is C[C@@H](OC(=O)C[C@@H]1C=CCC1)C(=O)Nc1ncc(Cl)cc1Cl. The van der Waals surface area contributed by atoms with Crippen LogP contribution >= 0.6 is 23.2 Å². The fraction of sp³-hybridized carbons (Fsp3) is 0.400. The van der Waals surface area contributed by atoms with E-state index in [0.29, 0.717) is 5.02 Å². The first-order valence-corrected chi connectivity index (χ1v) is 7.69. The van der Waals surface area contributed by atoms with E-state index >= 15 is 0 Å². The van der Waals surface area contributed by atoms with Gasteiger partial charge in [-0.15, -0.1) is 0 Å².